The number of nitrogens with zero attached hydrogens (tertiary/aromatic N) is 2. The van der Waals surface area contributed by atoms with Gasteiger partial charge in [0, 0.05) is 24.0 Å². The average Bonchev–Trinajstić information content (AvgIpc) is 3.22. The van der Waals surface area contributed by atoms with E-state index in [2.05, 4.69) is 19.2 Å². The fourth-order valence-corrected chi connectivity index (χ4v) is 4.83. The van der Waals surface area contributed by atoms with E-state index in [-0.39, 0.29) is 11.8 Å². The van der Waals surface area contributed by atoms with Crippen LogP contribution in [0.15, 0.2) is 48.5 Å². The van der Waals surface area contributed by atoms with Gasteiger partial charge in [0.2, 0.25) is 5.91 Å². The van der Waals surface area contributed by atoms with Crippen LogP contribution in [0.2, 0.25) is 0 Å². The summed E-state index contributed by atoms with van der Waals surface area (Å²) in [6, 6.07) is 15.5. The van der Waals surface area contributed by atoms with Gasteiger partial charge in [0.15, 0.2) is 0 Å². The molecule has 1 atom stereocenters. The Morgan fingerprint density at radius 3 is 2.60 bits per heavy atom. The van der Waals surface area contributed by atoms with E-state index in [1.807, 2.05) is 60.0 Å². The van der Waals surface area contributed by atoms with Gasteiger partial charge in [-0.1, -0.05) is 32.0 Å². The molecule has 186 valence electrons. The zero-order valence-electron chi connectivity index (χ0n) is 21.3. The number of methoxy groups -OCH3 is 2. The van der Waals surface area contributed by atoms with Crippen molar-refractivity contribution in [3.8, 4) is 11.5 Å². The summed E-state index contributed by atoms with van der Waals surface area (Å²) in [6.45, 7) is 7.48. The van der Waals surface area contributed by atoms with Gasteiger partial charge >= 0.3 is 0 Å². The van der Waals surface area contributed by atoms with Gasteiger partial charge in [0.05, 0.1) is 20.8 Å². The summed E-state index contributed by atoms with van der Waals surface area (Å²) in [7, 11) is 3.25. The third kappa shape index (κ3) is 4.72. The average molecular weight is 478 g/mol. The van der Waals surface area contributed by atoms with Gasteiger partial charge < -0.3 is 24.3 Å². The molecule has 1 aliphatic rings. The molecule has 0 saturated carbocycles. The van der Waals surface area contributed by atoms with E-state index >= 15 is 0 Å². The highest BCUT2D eigenvalue weighted by atomic mass is 16.5. The number of nitrogens with one attached hydrogen (secondary N) is 1. The Labute approximate surface area is 207 Å². The van der Waals surface area contributed by atoms with Crippen molar-refractivity contribution in [2.75, 3.05) is 27.3 Å². The van der Waals surface area contributed by atoms with Crippen LogP contribution in [0.4, 0.5) is 0 Å². The molecule has 4 rings (SSSR count). The fraction of sp³-hybridized carbons (Fsp3) is 0.429. The Kier molecular flexibility index (Phi) is 7.05. The molecule has 35 heavy (non-hydrogen) atoms. The Balaban J connectivity index is 1.69. The van der Waals surface area contributed by atoms with Gasteiger partial charge in [-0.25, -0.2) is 0 Å². The zero-order chi connectivity index (χ0) is 25.2. The molecule has 7 nitrogen and oxygen atoms in total. The van der Waals surface area contributed by atoms with E-state index in [0.29, 0.717) is 37.7 Å². The molecule has 1 N–H and O–H groups in total. The molecular weight excluding hydrogens is 442 g/mol. The second-order valence-electron chi connectivity index (χ2n) is 9.77. The predicted octanol–water partition coefficient (Wildman–Crippen LogP) is 4.28. The Hall–Kier alpha value is -3.48. The lowest BCUT2D eigenvalue weighted by Crippen LogP contribution is -2.64. The van der Waals surface area contributed by atoms with E-state index in [1.54, 1.807) is 19.1 Å². The quantitative estimate of drug-likeness (QED) is 0.499. The third-order valence-electron chi connectivity index (χ3n) is 6.93. The van der Waals surface area contributed by atoms with Gasteiger partial charge in [-0.15, -0.1) is 0 Å². The van der Waals surface area contributed by atoms with E-state index in [4.69, 9.17) is 9.47 Å². The summed E-state index contributed by atoms with van der Waals surface area (Å²) in [5.41, 5.74) is 1.46. The van der Waals surface area contributed by atoms with Gasteiger partial charge in [-0.2, -0.15) is 0 Å². The van der Waals surface area contributed by atoms with Crippen LogP contribution >= 0.6 is 0 Å². The van der Waals surface area contributed by atoms with Crippen LogP contribution in [-0.4, -0.2) is 54.1 Å². The molecule has 0 spiro atoms. The first-order valence-corrected chi connectivity index (χ1v) is 12.2. The fourth-order valence-electron chi connectivity index (χ4n) is 4.83. The van der Waals surface area contributed by atoms with Crippen LogP contribution in [0.5, 0.6) is 11.5 Å². The summed E-state index contributed by atoms with van der Waals surface area (Å²) in [4.78, 5) is 29.2. The van der Waals surface area contributed by atoms with Crippen molar-refractivity contribution in [3.05, 3.63) is 59.8 Å². The normalized spacial score (nSPS) is 17.5. The number of ether oxygens (including phenoxy) is 2. The molecule has 7 heteroatoms. The molecule has 1 aromatic heterocycles. The van der Waals surface area contributed by atoms with Crippen molar-refractivity contribution in [1.29, 1.82) is 0 Å². The minimum absolute atomic E-state index is 0.132. The molecule has 0 saturated heterocycles. The molecular formula is C28H35N3O4. The lowest BCUT2D eigenvalue weighted by Gasteiger charge is -2.44. The smallest absolute Gasteiger partial charge is 0.271 e. The summed E-state index contributed by atoms with van der Waals surface area (Å²) in [5, 5.41) is 4.09. The number of hydrogen-bond donors (Lipinski definition) is 1. The van der Waals surface area contributed by atoms with Crippen molar-refractivity contribution < 1.29 is 19.1 Å². The Bertz CT molecular complexity index is 1230. The first-order valence-electron chi connectivity index (χ1n) is 12.2. The second-order valence-corrected chi connectivity index (χ2v) is 9.77. The SMILES string of the molecule is COc1ccc(OC)c(CCN2C(=O)c3cc4ccccc4n3CC2(C)C(=O)NCCC(C)C)c1. The van der Waals surface area contributed by atoms with Gasteiger partial charge in [-0.3, -0.25) is 9.59 Å². The maximum Gasteiger partial charge on any atom is 0.271 e. The van der Waals surface area contributed by atoms with Crippen LogP contribution in [0.1, 0.15) is 43.2 Å². The predicted molar refractivity (Wildman–Crippen MR) is 137 cm³/mol. The Morgan fingerprint density at radius 1 is 1.11 bits per heavy atom. The first-order chi connectivity index (χ1) is 16.8. The molecule has 1 unspecified atom stereocenters. The second kappa shape index (κ2) is 10.0. The van der Waals surface area contributed by atoms with Crippen LogP contribution in [0.25, 0.3) is 10.9 Å². The van der Waals surface area contributed by atoms with Gasteiger partial charge in [-0.05, 0) is 61.6 Å². The minimum Gasteiger partial charge on any atom is -0.497 e. The highest BCUT2D eigenvalue weighted by Gasteiger charge is 2.47. The van der Waals surface area contributed by atoms with Crippen LogP contribution in [-0.2, 0) is 17.8 Å². The van der Waals surface area contributed by atoms with Crippen molar-refractivity contribution >= 4 is 22.7 Å². The van der Waals surface area contributed by atoms with Gasteiger partial charge in [0.1, 0.15) is 22.7 Å². The van der Waals surface area contributed by atoms with E-state index in [1.165, 1.54) is 0 Å². The van der Waals surface area contributed by atoms with Crippen molar-refractivity contribution in [2.45, 2.75) is 45.7 Å². The number of benzene rings is 2. The van der Waals surface area contributed by atoms with E-state index in [0.717, 1.165) is 34.4 Å². The standard InChI is InChI=1S/C28H35N3O4/c1-19(2)12-14-29-27(33)28(3)18-30-23-9-7-6-8-20(23)17-24(30)26(32)31(28)15-13-21-16-22(34-4)10-11-25(21)35-5/h6-11,16-17,19H,12-15,18H2,1-5H3,(H,29,33). The number of carbonyl (C=O) groups excluding carboxylic acids is 2. The first kappa shape index (κ1) is 24.6. The highest BCUT2D eigenvalue weighted by Crippen LogP contribution is 2.33. The monoisotopic (exact) mass is 477 g/mol. The van der Waals surface area contributed by atoms with Crippen molar-refractivity contribution in [3.63, 3.8) is 0 Å². The number of aromatic nitrogens is 1. The lowest BCUT2D eigenvalue weighted by molar-refractivity contribution is -0.132. The topological polar surface area (TPSA) is 72.8 Å². The lowest BCUT2D eigenvalue weighted by atomic mass is 9.93. The summed E-state index contributed by atoms with van der Waals surface area (Å²) < 4.78 is 12.9. The Morgan fingerprint density at radius 2 is 1.89 bits per heavy atom. The van der Waals surface area contributed by atoms with Crippen LogP contribution in [0.3, 0.4) is 0 Å². The molecule has 2 amide bonds. The number of hydrogen-bond acceptors (Lipinski definition) is 4. The summed E-state index contributed by atoms with van der Waals surface area (Å²) in [5.74, 6) is 1.66. The van der Waals surface area contributed by atoms with Crippen molar-refractivity contribution in [1.82, 2.24) is 14.8 Å². The number of rotatable bonds is 9. The van der Waals surface area contributed by atoms with Crippen LogP contribution in [0, 0.1) is 5.92 Å². The van der Waals surface area contributed by atoms with Gasteiger partial charge in [0.25, 0.3) is 5.91 Å². The van der Waals surface area contributed by atoms with Crippen molar-refractivity contribution in [2.24, 2.45) is 5.92 Å². The number of amides is 2. The molecule has 0 aliphatic carbocycles. The molecule has 0 radical (unpaired) electrons. The van der Waals surface area contributed by atoms with E-state index in [9.17, 15) is 9.59 Å². The number of fused-ring (bicyclic) bond motifs is 3. The summed E-state index contributed by atoms with van der Waals surface area (Å²) in [6.07, 6.45) is 1.41. The van der Waals surface area contributed by atoms with Crippen LogP contribution < -0.4 is 14.8 Å². The minimum atomic E-state index is -1.03. The third-order valence-corrected chi connectivity index (χ3v) is 6.93. The molecule has 0 fully saturated rings. The molecule has 2 aromatic carbocycles. The molecule has 2 heterocycles. The van der Waals surface area contributed by atoms with E-state index < -0.39 is 5.54 Å². The number of carbonyl (C=O) groups is 2. The highest BCUT2D eigenvalue weighted by molar-refractivity contribution is 6.03. The number of para-hydroxylation sites is 1. The molecule has 0 bridgehead atoms. The maximum absolute atomic E-state index is 13.9. The zero-order valence-corrected chi connectivity index (χ0v) is 21.3. The maximum atomic E-state index is 13.9. The molecule has 1 aliphatic heterocycles. The summed E-state index contributed by atoms with van der Waals surface area (Å²) >= 11 is 0. The largest absolute Gasteiger partial charge is 0.497 e. The molecule has 3 aromatic rings.